The maximum atomic E-state index is 13.7. The smallest absolute Gasteiger partial charge is 0.215 e. The zero-order valence-corrected chi connectivity index (χ0v) is 10.9. The van der Waals surface area contributed by atoms with Crippen LogP contribution in [0.4, 0.5) is 4.39 Å². The molecule has 1 N–H and O–H groups in total. The van der Waals surface area contributed by atoms with Crippen LogP contribution in [0.25, 0.3) is 0 Å². The fourth-order valence-electron chi connectivity index (χ4n) is 1.90. The average Bonchev–Trinajstić information content (AvgIpc) is 2.83. The molecule has 0 fully saturated rings. The molecule has 6 heteroatoms. The first kappa shape index (κ1) is 12.8. The van der Waals surface area contributed by atoms with Crippen molar-refractivity contribution in [1.29, 1.82) is 0 Å². The van der Waals surface area contributed by atoms with Gasteiger partial charge in [0.15, 0.2) is 0 Å². The minimum absolute atomic E-state index is 0.257. The van der Waals surface area contributed by atoms with Crippen LogP contribution in [0.15, 0.2) is 12.4 Å². The van der Waals surface area contributed by atoms with Crippen LogP contribution in [0.5, 0.6) is 0 Å². The minimum atomic E-state index is -0.257. The Hall–Kier alpha value is -1.69. The van der Waals surface area contributed by atoms with Gasteiger partial charge < -0.3 is 5.32 Å². The summed E-state index contributed by atoms with van der Waals surface area (Å²) in [7, 11) is 1.89. The van der Waals surface area contributed by atoms with Gasteiger partial charge in [-0.15, -0.1) is 0 Å². The van der Waals surface area contributed by atoms with Crippen molar-refractivity contribution in [2.24, 2.45) is 7.05 Å². The molecule has 0 aliphatic heterocycles. The third-order valence-electron chi connectivity index (χ3n) is 2.89. The highest BCUT2D eigenvalue weighted by Crippen LogP contribution is 2.08. The molecule has 0 spiro atoms. The van der Waals surface area contributed by atoms with E-state index >= 15 is 0 Å². The highest BCUT2D eigenvalue weighted by Gasteiger charge is 2.09. The Balaban J connectivity index is 1.92. The van der Waals surface area contributed by atoms with E-state index in [1.165, 1.54) is 4.68 Å². The minimum Gasteiger partial charge on any atom is -0.308 e. The van der Waals surface area contributed by atoms with Gasteiger partial charge in [0.2, 0.25) is 5.95 Å². The van der Waals surface area contributed by atoms with Crippen LogP contribution in [0.2, 0.25) is 0 Å². The zero-order chi connectivity index (χ0) is 13.1. The van der Waals surface area contributed by atoms with Crippen LogP contribution in [-0.2, 0) is 26.7 Å². The van der Waals surface area contributed by atoms with E-state index in [0.29, 0.717) is 25.2 Å². The standard InChI is InChI=1S/C12H18FN5/c1-4-18-12(13)10(7-15-18)5-14-6-11-8-17(3)16-9(11)2/h7-8,14H,4-6H2,1-3H3. The highest BCUT2D eigenvalue weighted by molar-refractivity contribution is 5.15. The maximum absolute atomic E-state index is 13.7. The lowest BCUT2D eigenvalue weighted by atomic mass is 10.2. The van der Waals surface area contributed by atoms with Gasteiger partial charge in [0.25, 0.3) is 0 Å². The summed E-state index contributed by atoms with van der Waals surface area (Å²) in [5, 5.41) is 11.4. The fourth-order valence-corrected chi connectivity index (χ4v) is 1.90. The summed E-state index contributed by atoms with van der Waals surface area (Å²) in [6.07, 6.45) is 3.54. The third kappa shape index (κ3) is 2.59. The normalized spacial score (nSPS) is 11.1. The fraction of sp³-hybridized carbons (Fsp3) is 0.500. The second-order valence-electron chi connectivity index (χ2n) is 4.29. The summed E-state index contributed by atoms with van der Waals surface area (Å²) in [6.45, 7) is 5.53. The summed E-state index contributed by atoms with van der Waals surface area (Å²) in [5.41, 5.74) is 2.72. The topological polar surface area (TPSA) is 47.7 Å². The van der Waals surface area contributed by atoms with E-state index in [-0.39, 0.29) is 5.95 Å². The van der Waals surface area contributed by atoms with E-state index in [2.05, 4.69) is 15.5 Å². The van der Waals surface area contributed by atoms with Crippen molar-refractivity contribution in [3.05, 3.63) is 35.2 Å². The summed E-state index contributed by atoms with van der Waals surface area (Å²) in [5.74, 6) is -0.257. The molecular weight excluding hydrogens is 233 g/mol. The number of aryl methyl sites for hydroxylation is 3. The van der Waals surface area contributed by atoms with Gasteiger partial charge >= 0.3 is 0 Å². The van der Waals surface area contributed by atoms with E-state index in [1.807, 2.05) is 27.1 Å². The molecule has 0 atom stereocenters. The van der Waals surface area contributed by atoms with E-state index in [0.717, 1.165) is 11.3 Å². The summed E-state index contributed by atoms with van der Waals surface area (Å²) in [6, 6.07) is 0. The maximum Gasteiger partial charge on any atom is 0.215 e. The monoisotopic (exact) mass is 251 g/mol. The molecule has 0 bridgehead atoms. The van der Waals surface area contributed by atoms with Crippen LogP contribution in [0.1, 0.15) is 23.7 Å². The van der Waals surface area contributed by atoms with E-state index in [1.54, 1.807) is 10.9 Å². The van der Waals surface area contributed by atoms with Crippen LogP contribution < -0.4 is 5.32 Å². The van der Waals surface area contributed by atoms with Crippen molar-refractivity contribution < 1.29 is 4.39 Å². The predicted octanol–water partition coefficient (Wildman–Crippen LogP) is 1.37. The molecule has 0 radical (unpaired) electrons. The molecule has 0 unspecified atom stereocenters. The van der Waals surface area contributed by atoms with Gasteiger partial charge in [-0.1, -0.05) is 0 Å². The van der Waals surface area contributed by atoms with Crippen LogP contribution in [0, 0.1) is 12.9 Å². The van der Waals surface area contributed by atoms with Gasteiger partial charge in [-0.05, 0) is 13.8 Å². The Bertz CT molecular complexity index is 529. The summed E-state index contributed by atoms with van der Waals surface area (Å²) < 4.78 is 16.8. The van der Waals surface area contributed by atoms with E-state index in [4.69, 9.17) is 0 Å². The molecule has 0 aromatic carbocycles. The summed E-state index contributed by atoms with van der Waals surface area (Å²) >= 11 is 0. The number of nitrogens with one attached hydrogen (secondary N) is 1. The SMILES string of the molecule is CCn1ncc(CNCc2cn(C)nc2C)c1F. The first-order valence-electron chi connectivity index (χ1n) is 6.01. The first-order valence-corrected chi connectivity index (χ1v) is 6.01. The molecule has 0 aliphatic carbocycles. The van der Waals surface area contributed by atoms with Crippen LogP contribution in [0.3, 0.4) is 0 Å². The first-order chi connectivity index (χ1) is 8.61. The molecule has 0 aliphatic rings. The van der Waals surface area contributed by atoms with Crippen LogP contribution in [-0.4, -0.2) is 19.6 Å². The lowest BCUT2D eigenvalue weighted by Gasteiger charge is -2.02. The van der Waals surface area contributed by atoms with Gasteiger partial charge in [-0.3, -0.25) is 4.68 Å². The molecule has 2 aromatic rings. The second-order valence-corrected chi connectivity index (χ2v) is 4.29. The van der Waals surface area contributed by atoms with Gasteiger partial charge in [0.05, 0.1) is 11.9 Å². The number of aromatic nitrogens is 4. The lowest BCUT2D eigenvalue weighted by molar-refractivity contribution is 0.460. The molecular formula is C12H18FN5. The van der Waals surface area contributed by atoms with Gasteiger partial charge in [0, 0.05) is 44.0 Å². The average molecular weight is 251 g/mol. The molecule has 2 heterocycles. The van der Waals surface area contributed by atoms with Crippen molar-refractivity contribution in [3.63, 3.8) is 0 Å². The van der Waals surface area contributed by atoms with Crippen molar-refractivity contribution in [3.8, 4) is 0 Å². The molecule has 18 heavy (non-hydrogen) atoms. The Labute approximate surface area is 106 Å². The Kier molecular flexibility index (Phi) is 3.76. The molecule has 0 saturated heterocycles. The molecule has 98 valence electrons. The van der Waals surface area contributed by atoms with Crippen molar-refractivity contribution >= 4 is 0 Å². The molecule has 0 amide bonds. The Morgan fingerprint density at radius 1 is 1.33 bits per heavy atom. The predicted molar refractivity (Wildman–Crippen MR) is 66.3 cm³/mol. The number of hydrogen-bond acceptors (Lipinski definition) is 3. The molecule has 2 rings (SSSR count). The largest absolute Gasteiger partial charge is 0.308 e. The second kappa shape index (κ2) is 5.30. The van der Waals surface area contributed by atoms with E-state index in [9.17, 15) is 4.39 Å². The van der Waals surface area contributed by atoms with Crippen molar-refractivity contribution in [2.45, 2.75) is 33.5 Å². The van der Waals surface area contributed by atoms with Gasteiger partial charge in [0.1, 0.15) is 0 Å². The van der Waals surface area contributed by atoms with E-state index < -0.39 is 0 Å². The molecule has 0 saturated carbocycles. The number of hydrogen-bond donors (Lipinski definition) is 1. The van der Waals surface area contributed by atoms with Crippen molar-refractivity contribution in [1.82, 2.24) is 24.9 Å². The van der Waals surface area contributed by atoms with Gasteiger partial charge in [-0.2, -0.15) is 14.6 Å². The summed E-state index contributed by atoms with van der Waals surface area (Å²) in [4.78, 5) is 0. The molecule has 5 nitrogen and oxygen atoms in total. The Morgan fingerprint density at radius 2 is 2.06 bits per heavy atom. The number of rotatable bonds is 5. The third-order valence-corrected chi connectivity index (χ3v) is 2.89. The number of nitrogens with zero attached hydrogens (tertiary/aromatic N) is 4. The quantitative estimate of drug-likeness (QED) is 0.873. The Morgan fingerprint density at radius 3 is 2.61 bits per heavy atom. The zero-order valence-electron chi connectivity index (χ0n) is 10.9. The number of halogens is 1. The van der Waals surface area contributed by atoms with Crippen molar-refractivity contribution in [2.75, 3.05) is 0 Å². The molecule has 2 aromatic heterocycles. The van der Waals surface area contributed by atoms with Gasteiger partial charge in [-0.25, -0.2) is 4.68 Å². The lowest BCUT2D eigenvalue weighted by Crippen LogP contribution is -2.14. The van der Waals surface area contributed by atoms with Crippen LogP contribution >= 0.6 is 0 Å². The highest BCUT2D eigenvalue weighted by atomic mass is 19.1.